The first kappa shape index (κ1) is 16.5. The second-order valence-corrected chi connectivity index (χ2v) is 7.14. The third-order valence-corrected chi connectivity index (χ3v) is 5.16. The van der Waals surface area contributed by atoms with E-state index in [0.29, 0.717) is 30.9 Å². The smallest absolute Gasteiger partial charge is 0.223 e. The molecule has 2 aromatic rings. The Kier molecular flexibility index (Phi) is 4.43. The third-order valence-electron chi connectivity index (χ3n) is 5.16. The van der Waals surface area contributed by atoms with Gasteiger partial charge < -0.3 is 14.6 Å². The van der Waals surface area contributed by atoms with Crippen molar-refractivity contribution in [1.29, 1.82) is 0 Å². The topological polar surface area (TPSA) is 61.5 Å². The van der Waals surface area contributed by atoms with Crippen molar-refractivity contribution < 1.29 is 13.9 Å². The summed E-state index contributed by atoms with van der Waals surface area (Å²) in [5.74, 6) is 0.958. The maximum Gasteiger partial charge on any atom is 0.223 e. The van der Waals surface area contributed by atoms with Crippen molar-refractivity contribution in [2.75, 3.05) is 39.9 Å². The molecule has 2 saturated heterocycles. The Morgan fingerprint density at radius 1 is 1.36 bits per heavy atom. The first-order valence-electron chi connectivity index (χ1n) is 8.78. The molecule has 1 aromatic carbocycles. The summed E-state index contributed by atoms with van der Waals surface area (Å²) in [6, 6.07) is 4.75. The predicted molar refractivity (Wildman–Crippen MR) is 91.7 cm³/mol. The summed E-state index contributed by atoms with van der Waals surface area (Å²) in [6.07, 6.45) is 0.944. The van der Waals surface area contributed by atoms with Gasteiger partial charge in [-0.2, -0.15) is 0 Å². The van der Waals surface area contributed by atoms with Crippen molar-refractivity contribution in [1.82, 2.24) is 19.8 Å². The molecule has 2 atom stereocenters. The Morgan fingerprint density at radius 2 is 2.24 bits per heavy atom. The van der Waals surface area contributed by atoms with Crippen LogP contribution in [0.3, 0.4) is 0 Å². The van der Waals surface area contributed by atoms with Crippen LogP contribution in [0.2, 0.25) is 0 Å². The summed E-state index contributed by atoms with van der Waals surface area (Å²) in [5.41, 5.74) is 1.40. The molecule has 0 saturated carbocycles. The van der Waals surface area contributed by atoms with Gasteiger partial charge in [-0.3, -0.25) is 9.69 Å². The number of amides is 1. The van der Waals surface area contributed by atoms with Crippen molar-refractivity contribution in [3.8, 4) is 0 Å². The fourth-order valence-electron chi connectivity index (χ4n) is 3.79. The average molecular weight is 346 g/mol. The van der Waals surface area contributed by atoms with E-state index in [1.807, 2.05) is 4.90 Å². The molecule has 4 rings (SSSR count). The zero-order chi connectivity index (χ0) is 17.4. The molecule has 6 nitrogen and oxygen atoms in total. The quantitative estimate of drug-likeness (QED) is 0.913. The number of fused-ring (bicyclic) bond motifs is 4. The summed E-state index contributed by atoms with van der Waals surface area (Å²) < 4.78 is 19.0. The maximum atomic E-state index is 13.3. The number of H-pyrrole nitrogens is 1. The van der Waals surface area contributed by atoms with Gasteiger partial charge in [0.25, 0.3) is 0 Å². The first-order chi connectivity index (χ1) is 12.1. The van der Waals surface area contributed by atoms with Gasteiger partial charge in [-0.25, -0.2) is 9.37 Å². The van der Waals surface area contributed by atoms with Crippen LogP contribution >= 0.6 is 0 Å². The van der Waals surface area contributed by atoms with Crippen LogP contribution in [0.15, 0.2) is 18.2 Å². The predicted octanol–water partition coefficient (Wildman–Crippen LogP) is 1.42. The molecule has 2 bridgehead atoms. The summed E-state index contributed by atoms with van der Waals surface area (Å²) in [7, 11) is 2.11. The van der Waals surface area contributed by atoms with Crippen LogP contribution in [-0.4, -0.2) is 71.6 Å². The Morgan fingerprint density at radius 3 is 3.12 bits per heavy atom. The van der Waals surface area contributed by atoms with Crippen molar-refractivity contribution in [2.24, 2.45) is 5.92 Å². The molecule has 0 radical (unpaired) electrons. The van der Waals surface area contributed by atoms with Gasteiger partial charge in [0, 0.05) is 38.4 Å². The molecular formula is C18H23FN4O2. The van der Waals surface area contributed by atoms with Gasteiger partial charge in [0.2, 0.25) is 5.91 Å². The SMILES string of the molecule is CN1C[C@H]2COC[C@@H]1CN(C(=O)CCc1nc3ccc(F)cc3[nH]1)C2. The number of aromatic amines is 1. The van der Waals surface area contributed by atoms with Gasteiger partial charge in [0.05, 0.1) is 30.3 Å². The number of aryl methyl sites for hydroxylation is 1. The molecule has 0 aliphatic carbocycles. The monoisotopic (exact) mass is 346 g/mol. The van der Waals surface area contributed by atoms with Gasteiger partial charge in [-0.1, -0.05) is 0 Å². The van der Waals surface area contributed by atoms with Crippen molar-refractivity contribution in [3.63, 3.8) is 0 Å². The highest BCUT2D eigenvalue weighted by molar-refractivity contribution is 5.77. The van der Waals surface area contributed by atoms with E-state index in [0.717, 1.165) is 37.6 Å². The fourth-order valence-corrected chi connectivity index (χ4v) is 3.79. The molecule has 1 N–H and O–H groups in total. The summed E-state index contributed by atoms with van der Waals surface area (Å²) in [5, 5.41) is 0. The lowest BCUT2D eigenvalue weighted by atomic mass is 10.1. The number of carbonyl (C=O) groups is 1. The van der Waals surface area contributed by atoms with E-state index in [9.17, 15) is 9.18 Å². The molecule has 25 heavy (non-hydrogen) atoms. The Balaban J connectivity index is 1.41. The standard InChI is InChI=1S/C18H23FN4O2/c1-22-7-12-8-23(9-14(22)11-25-10-12)18(24)5-4-17-20-15-3-2-13(19)6-16(15)21-17/h2-3,6,12,14H,4-5,7-11H2,1H3,(H,20,21)/t12-,14+/m1/s1. The van der Waals surface area contributed by atoms with E-state index in [4.69, 9.17) is 4.74 Å². The Labute approximate surface area is 146 Å². The minimum atomic E-state index is -0.291. The number of imidazole rings is 1. The molecule has 3 heterocycles. The Bertz CT molecular complexity index is 778. The molecule has 1 amide bonds. The van der Waals surface area contributed by atoms with E-state index in [1.54, 1.807) is 6.07 Å². The molecule has 1 aromatic heterocycles. The number of rotatable bonds is 3. The highest BCUT2D eigenvalue weighted by Crippen LogP contribution is 2.19. The van der Waals surface area contributed by atoms with Crippen molar-refractivity contribution in [2.45, 2.75) is 18.9 Å². The number of hydrogen-bond acceptors (Lipinski definition) is 4. The summed E-state index contributed by atoms with van der Waals surface area (Å²) in [6.45, 7) is 3.86. The highest BCUT2D eigenvalue weighted by atomic mass is 19.1. The number of nitrogens with one attached hydrogen (secondary N) is 1. The normalized spacial score (nSPS) is 24.5. The lowest BCUT2D eigenvalue weighted by Crippen LogP contribution is -2.44. The first-order valence-corrected chi connectivity index (χ1v) is 8.78. The van der Waals surface area contributed by atoms with Gasteiger partial charge in [0.15, 0.2) is 0 Å². The molecule has 2 aliphatic rings. The lowest BCUT2D eigenvalue weighted by Gasteiger charge is -2.29. The van der Waals surface area contributed by atoms with Gasteiger partial charge in [-0.15, -0.1) is 0 Å². The van der Waals surface area contributed by atoms with Crippen LogP contribution in [0.25, 0.3) is 11.0 Å². The van der Waals surface area contributed by atoms with E-state index in [1.165, 1.54) is 12.1 Å². The lowest BCUT2D eigenvalue weighted by molar-refractivity contribution is -0.133. The molecule has 0 spiro atoms. The van der Waals surface area contributed by atoms with Gasteiger partial charge in [-0.05, 0) is 25.2 Å². The minimum Gasteiger partial charge on any atom is -0.379 e. The van der Waals surface area contributed by atoms with E-state index < -0.39 is 0 Å². The van der Waals surface area contributed by atoms with Gasteiger partial charge in [0.1, 0.15) is 11.6 Å². The zero-order valence-electron chi connectivity index (χ0n) is 14.4. The number of halogens is 1. The Hall–Kier alpha value is -1.99. The number of nitrogens with zero attached hydrogens (tertiary/aromatic N) is 3. The fraction of sp³-hybridized carbons (Fsp3) is 0.556. The second-order valence-electron chi connectivity index (χ2n) is 7.14. The van der Waals surface area contributed by atoms with E-state index in [-0.39, 0.29) is 17.8 Å². The number of benzene rings is 1. The largest absolute Gasteiger partial charge is 0.379 e. The van der Waals surface area contributed by atoms with Crippen LogP contribution in [0.1, 0.15) is 12.2 Å². The summed E-state index contributed by atoms with van der Waals surface area (Å²) in [4.78, 5) is 24.5. The maximum absolute atomic E-state index is 13.3. The molecule has 2 fully saturated rings. The number of hydrogen-bond donors (Lipinski definition) is 1. The van der Waals surface area contributed by atoms with Crippen LogP contribution < -0.4 is 0 Å². The van der Waals surface area contributed by atoms with Crippen LogP contribution in [0, 0.1) is 11.7 Å². The molecule has 7 heteroatoms. The van der Waals surface area contributed by atoms with E-state index >= 15 is 0 Å². The van der Waals surface area contributed by atoms with Gasteiger partial charge >= 0.3 is 0 Å². The van der Waals surface area contributed by atoms with Crippen LogP contribution in [-0.2, 0) is 16.0 Å². The second kappa shape index (κ2) is 6.72. The number of likely N-dealkylation sites (N-methyl/N-ethyl adjacent to an activating group) is 1. The summed E-state index contributed by atoms with van der Waals surface area (Å²) >= 11 is 0. The minimum absolute atomic E-state index is 0.152. The highest BCUT2D eigenvalue weighted by Gasteiger charge is 2.33. The average Bonchev–Trinajstić information content (AvgIpc) is 2.79. The zero-order valence-corrected chi connectivity index (χ0v) is 14.4. The van der Waals surface area contributed by atoms with Crippen molar-refractivity contribution >= 4 is 16.9 Å². The molecular weight excluding hydrogens is 323 g/mol. The third kappa shape index (κ3) is 3.52. The molecule has 0 unspecified atom stereocenters. The van der Waals surface area contributed by atoms with Crippen LogP contribution in [0.5, 0.6) is 0 Å². The van der Waals surface area contributed by atoms with Crippen molar-refractivity contribution in [3.05, 3.63) is 29.8 Å². The number of carbonyl (C=O) groups excluding carboxylic acids is 1. The van der Waals surface area contributed by atoms with E-state index in [2.05, 4.69) is 21.9 Å². The molecule has 2 aliphatic heterocycles. The molecule has 134 valence electrons. The number of aromatic nitrogens is 2. The number of ether oxygens (including phenoxy) is 1. The van der Waals surface area contributed by atoms with Crippen LogP contribution in [0.4, 0.5) is 4.39 Å².